The van der Waals surface area contributed by atoms with Gasteiger partial charge in [-0.25, -0.2) is 13.8 Å². The molecule has 2 saturated heterocycles. The fourth-order valence-electron chi connectivity index (χ4n) is 11.4. The van der Waals surface area contributed by atoms with Crippen molar-refractivity contribution < 1.29 is 107 Å². The van der Waals surface area contributed by atoms with E-state index in [0.29, 0.717) is 62.8 Å². The number of likely N-dealkylation sites (N-methyl/N-ethyl adjacent to an activating group) is 2. The van der Waals surface area contributed by atoms with Crippen LogP contribution in [-0.4, -0.2) is 229 Å². The van der Waals surface area contributed by atoms with Crippen molar-refractivity contribution in [3.05, 3.63) is 116 Å². The second-order valence-electron chi connectivity index (χ2n) is 31.2. The van der Waals surface area contributed by atoms with Crippen molar-refractivity contribution in [1.29, 1.82) is 0 Å². The second kappa shape index (κ2) is 50.8. The van der Waals surface area contributed by atoms with E-state index in [1.54, 1.807) is 104 Å². The van der Waals surface area contributed by atoms with Gasteiger partial charge >= 0.3 is 12.2 Å². The monoisotopic (exact) mass is 1830 g/mol. The van der Waals surface area contributed by atoms with Crippen molar-refractivity contribution in [2.24, 2.45) is 0 Å². The van der Waals surface area contributed by atoms with E-state index in [2.05, 4.69) is 59.6 Å². The average molecular weight is 1830 g/mol. The van der Waals surface area contributed by atoms with Gasteiger partial charge < -0.3 is 52.3 Å². The molecule has 7 rings (SSSR count). The molecule has 2 heterocycles. The summed E-state index contributed by atoms with van der Waals surface area (Å²) in [6.07, 6.45) is 9.14. The van der Waals surface area contributed by atoms with Crippen LogP contribution in [0.2, 0.25) is 0 Å². The van der Waals surface area contributed by atoms with E-state index in [1.165, 1.54) is 35.6 Å². The third kappa shape index (κ3) is 38.9. The van der Waals surface area contributed by atoms with E-state index in [0.717, 1.165) is 100 Å². The largest absolute Gasteiger partial charge is 0.444 e. The first-order valence-corrected chi connectivity index (χ1v) is 46.6. The Hall–Kier alpha value is -4.38. The summed E-state index contributed by atoms with van der Waals surface area (Å²) >= 11 is 6.52. The van der Waals surface area contributed by atoms with Gasteiger partial charge in [0.15, 0.2) is 18.4 Å². The average Bonchev–Trinajstić information content (AvgIpc) is 0.766. The van der Waals surface area contributed by atoms with Crippen LogP contribution in [0.3, 0.4) is 0 Å². The molecule has 115 heavy (non-hydrogen) atoms. The molecule has 3 aliphatic rings. The molecule has 4 aromatic carbocycles. The lowest BCUT2D eigenvalue weighted by Gasteiger charge is -2.36. The zero-order chi connectivity index (χ0) is 85.8. The Balaban J connectivity index is 0.000000326. The molecule has 0 radical (unpaired) electrons. The van der Waals surface area contributed by atoms with Gasteiger partial charge in [-0.1, -0.05) is 125 Å². The summed E-state index contributed by atoms with van der Waals surface area (Å²) in [6.45, 7) is 33.4. The molecule has 1 aliphatic carbocycles. The highest BCUT2D eigenvalue weighted by molar-refractivity contribution is 9.10. The third-order valence-electron chi connectivity index (χ3n) is 18.1. The molecular formula is C81H130Br2N4O24S4. The van der Waals surface area contributed by atoms with Crippen molar-refractivity contribution in [2.45, 2.75) is 247 Å². The Labute approximate surface area is 703 Å². The molecule has 0 N–H and O–H groups in total. The molecular weight excluding hydrogens is 1700 g/mol. The summed E-state index contributed by atoms with van der Waals surface area (Å²) in [6, 6.07) is 23.0. The van der Waals surface area contributed by atoms with Gasteiger partial charge in [-0.2, -0.15) is 33.7 Å². The van der Waals surface area contributed by atoms with Crippen LogP contribution in [0.25, 0.3) is 0 Å². The molecule has 3 fully saturated rings. The lowest BCUT2D eigenvalue weighted by molar-refractivity contribution is -0.240. The number of halogens is 2. The number of methoxy groups -OCH3 is 2. The molecule has 0 spiro atoms. The smallest absolute Gasteiger partial charge is 0.412 e. The normalized spacial score (nSPS) is 16.4. The summed E-state index contributed by atoms with van der Waals surface area (Å²) in [5.74, 6) is 0.321. The minimum absolute atomic E-state index is 0.00306. The first-order chi connectivity index (χ1) is 54.0. The van der Waals surface area contributed by atoms with Gasteiger partial charge in [-0.15, -0.1) is 0 Å². The number of carbonyl (C=O) groups excluding carboxylic acids is 2. The van der Waals surface area contributed by atoms with Gasteiger partial charge in [0.1, 0.15) is 43.1 Å². The van der Waals surface area contributed by atoms with Crippen LogP contribution in [0.4, 0.5) is 9.59 Å². The maximum absolute atomic E-state index is 13.5. The molecule has 2 aliphatic heterocycles. The molecule has 34 heteroatoms. The molecule has 2 unspecified atom stereocenters. The summed E-state index contributed by atoms with van der Waals surface area (Å²) in [7, 11) is -10.6. The van der Waals surface area contributed by atoms with Gasteiger partial charge in [0.2, 0.25) is 0 Å². The summed E-state index contributed by atoms with van der Waals surface area (Å²) in [4.78, 5) is 31.8. The standard InChI is InChI=1S/C27H47NO5S.C20H30BrNO7S.C19H28BrNO7S.C15H25NO5S/c1-9-28(15-16-32-27(31-8)13-11-10-12-14-27)19-33-34(29,30)26-24(21(4)5)17-23(20(2)3)18-25(26)22(6)7;1-20(2,3)29-19(23)22(11-14-27-18-6-4-5-13-26-18)12-15-28-30(24,25)17-9-7-16(21)8-10-17;1-19(2,3)28-18(22)21(11-13-26-17-6-4-5-12-25-17)14-27-29(23,24)16-9-7-15(20)8-10-16;1-13(2)14-5-7-15(8-6-14)22(17,18)21-11-16(3)9-10-20-12-19-4/h17-18,20-22H,9-16,19H2,1-8H3;7-10,18H,4-6,11-15H2,1-3H3;7-10,17H,4-6,11-14H2,1-3H3;5-8,13H,9-12H2,1-4H3. The zero-order valence-electron chi connectivity index (χ0n) is 70.8. The van der Waals surface area contributed by atoms with E-state index < -0.39 is 76.4 Å². The topological polar surface area (TPSA) is 313 Å². The molecule has 2 atom stereocenters. The lowest BCUT2D eigenvalue weighted by atomic mass is 9.89. The predicted molar refractivity (Wildman–Crippen MR) is 446 cm³/mol. The summed E-state index contributed by atoms with van der Waals surface area (Å²) in [5, 5.41) is 0. The highest BCUT2D eigenvalue weighted by Crippen LogP contribution is 2.37. The van der Waals surface area contributed by atoms with Crippen LogP contribution >= 0.6 is 31.9 Å². The highest BCUT2D eigenvalue weighted by Gasteiger charge is 2.35. The van der Waals surface area contributed by atoms with Gasteiger partial charge in [0, 0.05) is 81.9 Å². The second-order valence-corrected chi connectivity index (χ2v) is 39.4. The molecule has 28 nitrogen and oxygen atoms in total. The minimum atomic E-state index is -4.03. The van der Waals surface area contributed by atoms with Crippen molar-refractivity contribution in [3.63, 3.8) is 0 Å². The van der Waals surface area contributed by atoms with Gasteiger partial charge in [0.25, 0.3) is 40.5 Å². The predicted octanol–water partition coefficient (Wildman–Crippen LogP) is 16.2. The van der Waals surface area contributed by atoms with Crippen molar-refractivity contribution in [3.8, 4) is 0 Å². The van der Waals surface area contributed by atoms with Crippen LogP contribution in [-0.2, 0) is 105 Å². The van der Waals surface area contributed by atoms with Gasteiger partial charge in [0.05, 0.1) is 47.7 Å². The van der Waals surface area contributed by atoms with Crippen LogP contribution in [0.15, 0.2) is 113 Å². The summed E-state index contributed by atoms with van der Waals surface area (Å²) < 4.78 is 178. The van der Waals surface area contributed by atoms with E-state index in [9.17, 15) is 43.3 Å². The van der Waals surface area contributed by atoms with Gasteiger partial charge in [-0.3, -0.25) is 27.2 Å². The molecule has 0 aromatic heterocycles. The Morgan fingerprint density at radius 2 is 0.930 bits per heavy atom. The number of hydrogen-bond donors (Lipinski definition) is 0. The zero-order valence-corrected chi connectivity index (χ0v) is 77.3. The molecule has 4 aromatic rings. The number of carbonyl (C=O) groups is 2. The Kier molecular flexibility index (Phi) is 45.5. The van der Waals surface area contributed by atoms with E-state index >= 15 is 0 Å². The highest BCUT2D eigenvalue weighted by atomic mass is 79.9. The minimum Gasteiger partial charge on any atom is -0.444 e. The Morgan fingerprint density at radius 3 is 1.36 bits per heavy atom. The molecule has 2 amide bonds. The van der Waals surface area contributed by atoms with Crippen LogP contribution in [0.1, 0.15) is 220 Å². The van der Waals surface area contributed by atoms with E-state index in [1.807, 2.05) is 63.8 Å². The number of rotatable bonds is 40. The fraction of sp³-hybridized carbons (Fsp3) is 0.679. The maximum atomic E-state index is 13.5. The van der Waals surface area contributed by atoms with Crippen molar-refractivity contribution in [1.82, 2.24) is 19.6 Å². The summed E-state index contributed by atoms with van der Waals surface area (Å²) in [5.41, 5.74) is 2.52. The number of benzene rings is 4. The van der Waals surface area contributed by atoms with Gasteiger partial charge in [-0.05, 0) is 213 Å². The Bertz CT molecular complexity index is 3910. The number of hydrogen-bond acceptors (Lipinski definition) is 26. The molecule has 0 bridgehead atoms. The maximum Gasteiger partial charge on any atom is 0.412 e. The van der Waals surface area contributed by atoms with Crippen LogP contribution < -0.4 is 0 Å². The molecule has 656 valence electrons. The Morgan fingerprint density at radius 1 is 0.496 bits per heavy atom. The molecule has 1 saturated carbocycles. The van der Waals surface area contributed by atoms with Crippen molar-refractivity contribution in [2.75, 3.05) is 134 Å². The third-order valence-corrected chi connectivity index (χ3v) is 24.4. The number of amides is 2. The van der Waals surface area contributed by atoms with Crippen molar-refractivity contribution >= 4 is 84.5 Å². The van der Waals surface area contributed by atoms with Crippen LogP contribution in [0.5, 0.6) is 0 Å². The SMILES string of the molecule is CC(C)(C)OC(=O)N(CCOC1CCCCO1)CCOS(=O)(=O)c1ccc(Br)cc1.CC(C)(C)OC(=O)N(CCOC1CCCCO1)COS(=O)(=O)c1ccc(Br)cc1.CCN(CCOC1(OC)CCCCC1)COS(=O)(=O)c1c(C(C)C)cc(C(C)C)cc1C(C)C.COCOCCN(C)COS(=O)(=O)c1ccc(C(C)C)cc1. The first kappa shape index (κ1) is 103. The first-order valence-electron chi connectivity index (χ1n) is 39.4. The van der Waals surface area contributed by atoms with Crippen LogP contribution in [0, 0.1) is 0 Å². The van der Waals surface area contributed by atoms with E-state index in [4.69, 9.17) is 64.1 Å². The lowest BCUT2D eigenvalue weighted by Crippen LogP contribution is -2.41. The quantitative estimate of drug-likeness (QED) is 0.0227. The van der Waals surface area contributed by atoms with E-state index in [-0.39, 0.29) is 98.8 Å². The number of nitrogens with zero attached hydrogens (tertiary/aromatic N) is 4. The fourth-order valence-corrected chi connectivity index (χ4v) is 16.2. The number of ether oxygens (including phenoxy) is 10.